The van der Waals surface area contributed by atoms with Crippen LogP contribution in [0.1, 0.15) is 10.4 Å². The number of hydrogen-bond acceptors (Lipinski definition) is 3. The fourth-order valence-corrected chi connectivity index (χ4v) is 0.906. The zero-order valence-electron chi connectivity index (χ0n) is 5.54. The third-order valence-electron chi connectivity index (χ3n) is 1.13. The highest BCUT2D eigenvalue weighted by molar-refractivity contribution is 14.1. The summed E-state index contributed by atoms with van der Waals surface area (Å²) in [5.74, 6) is 0.244. The van der Waals surface area contributed by atoms with E-state index in [1.807, 2.05) is 0 Å². The van der Waals surface area contributed by atoms with Gasteiger partial charge in [-0.1, -0.05) is 0 Å². The number of hydrogen-bond donors (Lipinski definition) is 2. The minimum atomic E-state index is -0.168. The third-order valence-corrected chi connectivity index (χ3v) is 1.62. The Labute approximate surface area is 77.7 Å². The van der Waals surface area contributed by atoms with Crippen molar-refractivity contribution in [3.8, 4) is 0 Å². The maximum Gasteiger partial charge on any atom is 0.261 e. The van der Waals surface area contributed by atoms with Crippen LogP contribution in [-0.2, 0) is 0 Å². The highest BCUT2D eigenvalue weighted by Gasteiger charge is 2.01. The highest BCUT2D eigenvalue weighted by atomic mass is 127. The predicted molar refractivity (Wildman–Crippen MR) is 50.1 cm³/mol. The molecule has 5 heteroatoms. The SMILES string of the molecule is Nc1ccc(C(=O)NI)cn1. The quantitative estimate of drug-likeness (QED) is 0.580. The molecule has 11 heavy (non-hydrogen) atoms. The number of carbonyl (C=O) groups excluding carboxylic acids is 1. The first-order valence-corrected chi connectivity index (χ1v) is 3.94. The van der Waals surface area contributed by atoms with Crippen LogP contribution in [0, 0.1) is 0 Å². The predicted octanol–water partition coefficient (Wildman–Crippen LogP) is 0.744. The summed E-state index contributed by atoms with van der Waals surface area (Å²) in [5, 5.41) is 0. The van der Waals surface area contributed by atoms with E-state index in [0.717, 1.165) is 0 Å². The molecule has 58 valence electrons. The van der Waals surface area contributed by atoms with Crippen LogP contribution in [0.4, 0.5) is 5.82 Å². The molecular formula is C6H6IN3O. The van der Waals surface area contributed by atoms with Gasteiger partial charge in [0, 0.05) is 6.20 Å². The van der Waals surface area contributed by atoms with Gasteiger partial charge in [0.05, 0.1) is 28.4 Å². The molecule has 0 fully saturated rings. The van der Waals surface area contributed by atoms with Crippen molar-refractivity contribution < 1.29 is 4.79 Å². The largest absolute Gasteiger partial charge is 0.384 e. The Bertz CT molecular complexity index is 259. The second-order valence-corrected chi connectivity index (χ2v) is 2.43. The first kappa shape index (κ1) is 8.25. The Kier molecular flexibility index (Phi) is 2.64. The van der Waals surface area contributed by atoms with Crippen LogP contribution in [0.3, 0.4) is 0 Å². The van der Waals surface area contributed by atoms with E-state index in [9.17, 15) is 4.79 Å². The fraction of sp³-hybridized carbons (Fsp3) is 0. The van der Waals surface area contributed by atoms with Gasteiger partial charge in [-0.25, -0.2) is 4.98 Å². The average Bonchev–Trinajstić information content (AvgIpc) is 2.05. The van der Waals surface area contributed by atoms with Crippen molar-refractivity contribution in [2.24, 2.45) is 0 Å². The van der Waals surface area contributed by atoms with Crippen LogP contribution >= 0.6 is 22.9 Å². The number of anilines is 1. The molecule has 0 saturated carbocycles. The minimum Gasteiger partial charge on any atom is -0.384 e. The van der Waals surface area contributed by atoms with Gasteiger partial charge in [-0.15, -0.1) is 0 Å². The van der Waals surface area contributed by atoms with Crippen LogP contribution in [-0.4, -0.2) is 10.9 Å². The number of nitrogen functional groups attached to an aromatic ring is 1. The van der Waals surface area contributed by atoms with Gasteiger partial charge < -0.3 is 5.73 Å². The number of pyridine rings is 1. The zero-order valence-corrected chi connectivity index (χ0v) is 7.70. The molecule has 0 bridgehead atoms. The lowest BCUT2D eigenvalue weighted by Crippen LogP contribution is -2.11. The highest BCUT2D eigenvalue weighted by Crippen LogP contribution is 2.00. The van der Waals surface area contributed by atoms with Crippen LogP contribution in [0.5, 0.6) is 0 Å². The Morgan fingerprint density at radius 2 is 2.36 bits per heavy atom. The second-order valence-electron chi connectivity index (χ2n) is 1.90. The monoisotopic (exact) mass is 263 g/mol. The first-order chi connectivity index (χ1) is 5.24. The van der Waals surface area contributed by atoms with Crippen molar-refractivity contribution in [1.29, 1.82) is 0 Å². The van der Waals surface area contributed by atoms with Gasteiger partial charge in [-0.05, 0) is 12.1 Å². The normalized spacial score (nSPS) is 9.18. The standard InChI is InChI=1S/C6H6IN3O/c7-10-6(11)4-1-2-5(8)9-3-4/h1-3H,(H2,8,9)(H,10,11). The lowest BCUT2D eigenvalue weighted by atomic mass is 10.3. The molecule has 1 heterocycles. The van der Waals surface area contributed by atoms with Gasteiger partial charge in [0.25, 0.3) is 5.91 Å². The number of nitrogens with one attached hydrogen (secondary N) is 1. The molecule has 1 aromatic rings. The molecule has 0 radical (unpaired) electrons. The molecule has 3 N–H and O–H groups in total. The van der Waals surface area contributed by atoms with Crippen LogP contribution < -0.4 is 9.26 Å². The van der Waals surface area contributed by atoms with Gasteiger partial charge in [0.15, 0.2) is 0 Å². The van der Waals surface area contributed by atoms with Crippen LogP contribution in [0.25, 0.3) is 0 Å². The van der Waals surface area contributed by atoms with Crippen LogP contribution in [0.15, 0.2) is 18.3 Å². The summed E-state index contributed by atoms with van der Waals surface area (Å²) >= 11 is 1.77. The molecule has 0 aliphatic rings. The van der Waals surface area contributed by atoms with Crippen molar-refractivity contribution in [3.63, 3.8) is 0 Å². The summed E-state index contributed by atoms with van der Waals surface area (Å²) in [7, 11) is 0. The smallest absolute Gasteiger partial charge is 0.261 e. The number of nitrogens with two attached hydrogens (primary N) is 1. The van der Waals surface area contributed by atoms with Gasteiger partial charge in [0.2, 0.25) is 0 Å². The fourth-order valence-electron chi connectivity index (χ4n) is 0.594. The number of aromatic nitrogens is 1. The summed E-state index contributed by atoms with van der Waals surface area (Å²) in [6, 6.07) is 3.21. The van der Waals surface area contributed by atoms with Crippen molar-refractivity contribution in [2.45, 2.75) is 0 Å². The van der Waals surface area contributed by atoms with Crippen molar-refractivity contribution >= 4 is 34.6 Å². The molecule has 0 saturated heterocycles. The topological polar surface area (TPSA) is 68.0 Å². The Hall–Kier alpha value is -0.850. The number of amides is 1. The summed E-state index contributed by atoms with van der Waals surface area (Å²) in [4.78, 5) is 14.7. The minimum absolute atomic E-state index is 0.168. The van der Waals surface area contributed by atoms with E-state index in [4.69, 9.17) is 5.73 Å². The summed E-state index contributed by atoms with van der Waals surface area (Å²) in [6.45, 7) is 0. The molecule has 1 rings (SSSR count). The maximum absolute atomic E-state index is 10.9. The van der Waals surface area contributed by atoms with E-state index in [0.29, 0.717) is 11.4 Å². The Balaban J connectivity index is 2.90. The Morgan fingerprint density at radius 3 is 2.82 bits per heavy atom. The molecule has 4 nitrogen and oxygen atoms in total. The molecule has 0 aliphatic heterocycles. The number of nitrogens with zero attached hydrogens (tertiary/aromatic N) is 1. The molecule has 0 aliphatic carbocycles. The molecule has 1 aromatic heterocycles. The summed E-state index contributed by atoms with van der Waals surface area (Å²) in [5.41, 5.74) is 5.83. The zero-order chi connectivity index (χ0) is 8.27. The first-order valence-electron chi connectivity index (χ1n) is 2.86. The van der Waals surface area contributed by atoms with Crippen LogP contribution in [0.2, 0.25) is 0 Å². The average molecular weight is 263 g/mol. The molecule has 1 amide bonds. The van der Waals surface area contributed by atoms with Gasteiger partial charge >= 0.3 is 0 Å². The van der Waals surface area contributed by atoms with E-state index < -0.39 is 0 Å². The van der Waals surface area contributed by atoms with Gasteiger partial charge in [-0.2, -0.15) is 0 Å². The number of rotatable bonds is 1. The molecule has 0 aromatic carbocycles. The maximum atomic E-state index is 10.9. The number of halogens is 1. The molecule has 0 atom stereocenters. The van der Waals surface area contributed by atoms with E-state index >= 15 is 0 Å². The van der Waals surface area contributed by atoms with E-state index in [1.54, 1.807) is 35.0 Å². The summed E-state index contributed by atoms with van der Waals surface area (Å²) in [6.07, 6.45) is 1.43. The van der Waals surface area contributed by atoms with Crippen molar-refractivity contribution in [3.05, 3.63) is 23.9 Å². The lowest BCUT2D eigenvalue weighted by Gasteiger charge is -1.96. The van der Waals surface area contributed by atoms with Crippen molar-refractivity contribution in [1.82, 2.24) is 8.51 Å². The van der Waals surface area contributed by atoms with E-state index in [-0.39, 0.29) is 5.91 Å². The Morgan fingerprint density at radius 1 is 1.64 bits per heavy atom. The molecule has 0 spiro atoms. The number of carbonyl (C=O) groups is 1. The van der Waals surface area contributed by atoms with E-state index in [2.05, 4.69) is 8.51 Å². The van der Waals surface area contributed by atoms with E-state index in [1.165, 1.54) is 6.20 Å². The second kappa shape index (κ2) is 3.51. The van der Waals surface area contributed by atoms with Gasteiger partial charge in [0.1, 0.15) is 5.82 Å². The van der Waals surface area contributed by atoms with Crippen molar-refractivity contribution in [2.75, 3.05) is 5.73 Å². The third kappa shape index (κ3) is 2.04. The molecular weight excluding hydrogens is 257 g/mol. The summed E-state index contributed by atoms with van der Waals surface area (Å²) < 4.78 is 2.45. The molecule has 0 unspecified atom stereocenters. The van der Waals surface area contributed by atoms with Gasteiger partial charge in [-0.3, -0.25) is 8.32 Å². The lowest BCUT2D eigenvalue weighted by molar-refractivity contribution is 0.0989.